The molecule has 2 heterocycles. The van der Waals surface area contributed by atoms with Crippen LogP contribution in [0.5, 0.6) is 5.75 Å². The SMILES string of the molecule is N/N=C(\N)CCCOc1ccc2c(C3CCNCC3)ncnc2c1. The molecule has 0 spiro atoms. The van der Waals surface area contributed by atoms with Crippen molar-refractivity contribution in [2.45, 2.75) is 31.6 Å². The standard InChI is InChI=1S/C17H24N6O/c18-16(23-19)2-1-9-24-13-3-4-14-15(10-13)21-11-22-17(14)12-5-7-20-8-6-12/h3-4,10-12,20H,1-2,5-9,19H2,(H2,18,23). The molecule has 1 aliphatic heterocycles. The van der Waals surface area contributed by atoms with E-state index in [0.717, 1.165) is 54.7 Å². The third-order valence-electron chi connectivity index (χ3n) is 4.38. The molecule has 1 aromatic heterocycles. The summed E-state index contributed by atoms with van der Waals surface area (Å²) in [7, 11) is 0. The van der Waals surface area contributed by atoms with Gasteiger partial charge in [0, 0.05) is 23.8 Å². The van der Waals surface area contributed by atoms with Crippen molar-refractivity contribution in [2.75, 3.05) is 19.7 Å². The molecule has 0 amide bonds. The summed E-state index contributed by atoms with van der Waals surface area (Å²) >= 11 is 0. The van der Waals surface area contributed by atoms with Gasteiger partial charge in [-0.05, 0) is 44.5 Å². The molecular formula is C17H24N6O. The summed E-state index contributed by atoms with van der Waals surface area (Å²) in [6.45, 7) is 2.66. The van der Waals surface area contributed by atoms with Crippen LogP contribution in [0.15, 0.2) is 29.6 Å². The van der Waals surface area contributed by atoms with Gasteiger partial charge in [0.2, 0.25) is 0 Å². The highest BCUT2D eigenvalue weighted by atomic mass is 16.5. The van der Waals surface area contributed by atoms with Crippen molar-refractivity contribution in [3.05, 3.63) is 30.2 Å². The molecule has 1 fully saturated rings. The van der Waals surface area contributed by atoms with Gasteiger partial charge in [-0.2, -0.15) is 5.10 Å². The predicted octanol–water partition coefficient (Wildman–Crippen LogP) is 1.49. The molecule has 1 aliphatic rings. The molecule has 0 aliphatic carbocycles. The number of rotatable bonds is 6. The van der Waals surface area contributed by atoms with E-state index in [1.54, 1.807) is 6.33 Å². The fourth-order valence-corrected chi connectivity index (χ4v) is 3.08. The highest BCUT2D eigenvalue weighted by molar-refractivity contribution is 5.82. The zero-order valence-electron chi connectivity index (χ0n) is 13.7. The zero-order chi connectivity index (χ0) is 16.8. The number of ether oxygens (including phenoxy) is 1. The second kappa shape index (κ2) is 7.92. The number of nitrogens with zero attached hydrogens (tertiary/aromatic N) is 3. The second-order valence-corrected chi connectivity index (χ2v) is 6.03. The summed E-state index contributed by atoms with van der Waals surface area (Å²) in [5.41, 5.74) is 7.64. The summed E-state index contributed by atoms with van der Waals surface area (Å²) in [6, 6.07) is 6.02. The Hall–Kier alpha value is -2.41. The molecule has 5 N–H and O–H groups in total. The number of hydrogen-bond donors (Lipinski definition) is 3. The molecule has 0 radical (unpaired) electrons. The third kappa shape index (κ3) is 3.91. The van der Waals surface area contributed by atoms with E-state index in [-0.39, 0.29) is 0 Å². The Labute approximate surface area is 141 Å². The maximum atomic E-state index is 5.77. The van der Waals surface area contributed by atoms with E-state index < -0.39 is 0 Å². The molecule has 3 rings (SSSR count). The van der Waals surface area contributed by atoms with Crippen LogP contribution in [0.4, 0.5) is 0 Å². The normalized spacial score (nSPS) is 16.4. The lowest BCUT2D eigenvalue weighted by atomic mass is 9.92. The van der Waals surface area contributed by atoms with Crippen LogP contribution < -0.4 is 21.6 Å². The van der Waals surface area contributed by atoms with Gasteiger partial charge in [0.1, 0.15) is 17.9 Å². The first-order valence-electron chi connectivity index (χ1n) is 8.38. The topological polar surface area (TPSA) is 111 Å². The second-order valence-electron chi connectivity index (χ2n) is 6.03. The summed E-state index contributed by atoms with van der Waals surface area (Å²) in [4.78, 5) is 8.95. The van der Waals surface area contributed by atoms with Crippen LogP contribution in [0.2, 0.25) is 0 Å². The Kier molecular flexibility index (Phi) is 5.43. The lowest BCUT2D eigenvalue weighted by molar-refractivity contribution is 0.314. The fraction of sp³-hybridized carbons (Fsp3) is 0.471. The minimum Gasteiger partial charge on any atom is -0.494 e. The Morgan fingerprint density at radius 3 is 2.92 bits per heavy atom. The first kappa shape index (κ1) is 16.4. The van der Waals surface area contributed by atoms with Crippen LogP contribution in [0.3, 0.4) is 0 Å². The van der Waals surface area contributed by atoms with Crippen molar-refractivity contribution in [3.63, 3.8) is 0 Å². The zero-order valence-corrected chi connectivity index (χ0v) is 13.7. The van der Waals surface area contributed by atoms with Crippen molar-refractivity contribution >= 4 is 16.7 Å². The van der Waals surface area contributed by atoms with Crippen molar-refractivity contribution in [3.8, 4) is 5.75 Å². The van der Waals surface area contributed by atoms with Crippen LogP contribution in [-0.4, -0.2) is 35.5 Å². The number of nitrogens with one attached hydrogen (secondary N) is 1. The number of hydrazone groups is 1. The summed E-state index contributed by atoms with van der Waals surface area (Å²) in [5, 5.41) is 7.96. The van der Waals surface area contributed by atoms with Crippen LogP contribution in [0.25, 0.3) is 10.9 Å². The number of amidine groups is 1. The lowest BCUT2D eigenvalue weighted by Gasteiger charge is -2.23. The molecule has 0 bridgehead atoms. The van der Waals surface area contributed by atoms with Gasteiger partial charge in [-0.1, -0.05) is 0 Å². The molecular weight excluding hydrogens is 304 g/mol. The monoisotopic (exact) mass is 328 g/mol. The minimum atomic E-state index is 0.441. The Bertz CT molecular complexity index is 711. The van der Waals surface area contributed by atoms with Gasteiger partial charge in [0.25, 0.3) is 0 Å². The van der Waals surface area contributed by atoms with Crippen LogP contribution >= 0.6 is 0 Å². The Balaban J connectivity index is 1.70. The molecule has 0 saturated carbocycles. The average molecular weight is 328 g/mol. The number of fused-ring (bicyclic) bond motifs is 1. The highest BCUT2D eigenvalue weighted by Gasteiger charge is 2.19. The maximum absolute atomic E-state index is 5.77. The largest absolute Gasteiger partial charge is 0.494 e. The van der Waals surface area contributed by atoms with Gasteiger partial charge in [0.05, 0.1) is 17.8 Å². The number of benzene rings is 1. The van der Waals surface area contributed by atoms with Crippen molar-refractivity contribution in [1.82, 2.24) is 15.3 Å². The van der Waals surface area contributed by atoms with E-state index in [1.807, 2.05) is 12.1 Å². The van der Waals surface area contributed by atoms with E-state index in [4.69, 9.17) is 16.3 Å². The van der Waals surface area contributed by atoms with Crippen molar-refractivity contribution in [1.29, 1.82) is 0 Å². The molecule has 0 unspecified atom stereocenters. The Morgan fingerprint density at radius 1 is 1.29 bits per heavy atom. The van der Waals surface area contributed by atoms with Crippen LogP contribution in [0, 0.1) is 0 Å². The molecule has 0 atom stereocenters. The van der Waals surface area contributed by atoms with Gasteiger partial charge < -0.3 is 21.6 Å². The summed E-state index contributed by atoms with van der Waals surface area (Å²) in [6.07, 6.45) is 5.30. The molecule has 1 aromatic carbocycles. The van der Waals surface area contributed by atoms with Gasteiger partial charge in [0.15, 0.2) is 0 Å². The molecule has 128 valence electrons. The van der Waals surface area contributed by atoms with Crippen molar-refractivity contribution in [2.24, 2.45) is 16.7 Å². The van der Waals surface area contributed by atoms with E-state index in [0.29, 0.717) is 24.8 Å². The number of aromatic nitrogens is 2. The van der Waals surface area contributed by atoms with Gasteiger partial charge in [-0.15, -0.1) is 0 Å². The smallest absolute Gasteiger partial charge is 0.121 e. The van der Waals surface area contributed by atoms with Gasteiger partial charge in [-0.25, -0.2) is 9.97 Å². The van der Waals surface area contributed by atoms with E-state index in [1.165, 1.54) is 0 Å². The number of nitrogens with two attached hydrogens (primary N) is 2. The van der Waals surface area contributed by atoms with Crippen LogP contribution in [0.1, 0.15) is 37.3 Å². The fourth-order valence-electron chi connectivity index (χ4n) is 3.08. The highest BCUT2D eigenvalue weighted by Crippen LogP contribution is 2.30. The van der Waals surface area contributed by atoms with Crippen LogP contribution in [-0.2, 0) is 0 Å². The van der Waals surface area contributed by atoms with E-state index in [2.05, 4.69) is 26.5 Å². The number of piperidine rings is 1. The number of hydrogen-bond acceptors (Lipinski definition) is 6. The molecule has 24 heavy (non-hydrogen) atoms. The first-order valence-corrected chi connectivity index (χ1v) is 8.38. The quantitative estimate of drug-likeness (QED) is 0.243. The summed E-state index contributed by atoms with van der Waals surface area (Å²) in [5.74, 6) is 6.86. The minimum absolute atomic E-state index is 0.441. The van der Waals surface area contributed by atoms with Crippen molar-refractivity contribution < 1.29 is 4.74 Å². The summed E-state index contributed by atoms with van der Waals surface area (Å²) < 4.78 is 5.77. The molecule has 7 heteroatoms. The predicted molar refractivity (Wildman–Crippen MR) is 94.9 cm³/mol. The molecule has 1 saturated heterocycles. The van der Waals surface area contributed by atoms with Gasteiger partial charge >= 0.3 is 0 Å². The third-order valence-corrected chi connectivity index (χ3v) is 4.38. The maximum Gasteiger partial charge on any atom is 0.121 e. The molecule has 7 nitrogen and oxygen atoms in total. The molecule has 2 aromatic rings. The van der Waals surface area contributed by atoms with E-state index in [9.17, 15) is 0 Å². The average Bonchev–Trinajstić information content (AvgIpc) is 2.65. The Morgan fingerprint density at radius 2 is 2.12 bits per heavy atom. The van der Waals surface area contributed by atoms with E-state index >= 15 is 0 Å². The van der Waals surface area contributed by atoms with Gasteiger partial charge in [-0.3, -0.25) is 0 Å². The first-order chi connectivity index (χ1) is 11.8. The lowest BCUT2D eigenvalue weighted by Crippen LogP contribution is -2.27.